The summed E-state index contributed by atoms with van der Waals surface area (Å²) in [5, 5.41) is 4.29. The fraction of sp³-hybridized carbons (Fsp3) is 0.389. The summed E-state index contributed by atoms with van der Waals surface area (Å²) in [4.78, 5) is 23.3. The molecule has 2 N–H and O–H groups in total. The molecule has 0 aliphatic heterocycles. The third kappa shape index (κ3) is 3.37. The first-order chi connectivity index (χ1) is 11.3. The van der Waals surface area contributed by atoms with Gasteiger partial charge in [-0.2, -0.15) is 5.10 Å². The number of nitrogens with two attached hydrogens (primary N) is 1. The molecule has 1 aromatic heterocycles. The zero-order valence-corrected chi connectivity index (χ0v) is 13.8. The van der Waals surface area contributed by atoms with Gasteiger partial charge in [0.1, 0.15) is 12.4 Å². The summed E-state index contributed by atoms with van der Waals surface area (Å²) < 4.78 is 15.1. The molecular weight excluding hydrogens is 309 g/mol. The predicted molar refractivity (Wildman–Crippen MR) is 89.1 cm³/mol. The summed E-state index contributed by atoms with van der Waals surface area (Å²) in [5.41, 5.74) is 7.59. The van der Waals surface area contributed by atoms with Crippen LogP contribution in [-0.2, 0) is 11.3 Å². The lowest BCUT2D eigenvalue weighted by Crippen LogP contribution is -2.31. The lowest BCUT2D eigenvalue weighted by molar-refractivity contribution is -0.118. The van der Waals surface area contributed by atoms with Crippen LogP contribution in [0.3, 0.4) is 0 Å². The van der Waals surface area contributed by atoms with Crippen LogP contribution in [0.25, 0.3) is 11.1 Å². The number of hydrogen-bond acceptors (Lipinski definition) is 3. The fourth-order valence-corrected chi connectivity index (χ4v) is 2.84. The van der Waals surface area contributed by atoms with Crippen LogP contribution in [0, 0.1) is 5.82 Å². The molecule has 1 aromatic carbocycles. The van der Waals surface area contributed by atoms with Crippen molar-refractivity contribution >= 4 is 5.91 Å². The maximum atomic E-state index is 14.0. The van der Waals surface area contributed by atoms with Crippen molar-refractivity contribution in [1.29, 1.82) is 0 Å². The van der Waals surface area contributed by atoms with Gasteiger partial charge in [0.05, 0.1) is 5.69 Å². The van der Waals surface area contributed by atoms with E-state index in [0.717, 1.165) is 23.1 Å². The highest BCUT2D eigenvalue weighted by Gasteiger charge is 2.25. The Morgan fingerprint density at radius 2 is 2.04 bits per heavy atom. The topological polar surface area (TPSA) is 78.0 Å². The molecule has 0 bridgehead atoms. The lowest BCUT2D eigenvalue weighted by atomic mass is 9.96. The van der Waals surface area contributed by atoms with Crippen molar-refractivity contribution in [3.63, 3.8) is 0 Å². The highest BCUT2D eigenvalue weighted by molar-refractivity contribution is 5.73. The zero-order valence-electron chi connectivity index (χ0n) is 13.8. The molecule has 0 atom stereocenters. The normalized spacial score (nSPS) is 14.2. The van der Waals surface area contributed by atoms with E-state index >= 15 is 0 Å². The molecule has 1 saturated carbocycles. The van der Waals surface area contributed by atoms with Crippen molar-refractivity contribution < 1.29 is 9.18 Å². The first-order valence-electron chi connectivity index (χ1n) is 8.06. The fourth-order valence-electron chi connectivity index (χ4n) is 2.84. The van der Waals surface area contributed by atoms with Gasteiger partial charge >= 0.3 is 0 Å². The summed E-state index contributed by atoms with van der Waals surface area (Å²) in [6.45, 7) is 3.60. The van der Waals surface area contributed by atoms with Crippen LogP contribution in [0.5, 0.6) is 0 Å². The first kappa shape index (κ1) is 16.4. The quantitative estimate of drug-likeness (QED) is 0.915. The number of benzene rings is 1. The van der Waals surface area contributed by atoms with Gasteiger partial charge in [0.25, 0.3) is 5.56 Å². The molecule has 24 heavy (non-hydrogen) atoms. The number of nitrogens with zero attached hydrogens (tertiary/aromatic N) is 2. The number of carbonyl (C=O) groups is 1. The van der Waals surface area contributed by atoms with Gasteiger partial charge in [-0.15, -0.1) is 0 Å². The van der Waals surface area contributed by atoms with Crippen LogP contribution in [0.15, 0.2) is 29.1 Å². The third-order valence-electron chi connectivity index (χ3n) is 4.16. The molecule has 0 spiro atoms. The van der Waals surface area contributed by atoms with E-state index in [1.54, 1.807) is 6.07 Å². The van der Waals surface area contributed by atoms with E-state index in [2.05, 4.69) is 5.10 Å². The van der Waals surface area contributed by atoms with Crippen molar-refractivity contribution in [2.24, 2.45) is 5.73 Å². The highest BCUT2D eigenvalue weighted by atomic mass is 19.1. The molecule has 1 aliphatic rings. The third-order valence-corrected chi connectivity index (χ3v) is 4.16. The standard InChI is InChI=1S/C18H20FN3O2/c1-10(2)18-15(8-17(24)22(21-18)9-16(20)23)13-5-12(11-3-4-11)6-14(19)7-13/h5-8,10-11H,3-4,9H2,1-2H3,(H2,20,23). The Morgan fingerprint density at radius 1 is 1.33 bits per heavy atom. The van der Waals surface area contributed by atoms with E-state index in [9.17, 15) is 14.0 Å². The molecular formula is C18H20FN3O2. The Labute approximate surface area is 139 Å². The van der Waals surface area contributed by atoms with Gasteiger partial charge in [-0.05, 0) is 47.9 Å². The van der Waals surface area contributed by atoms with E-state index in [1.165, 1.54) is 12.1 Å². The second-order valence-electron chi connectivity index (χ2n) is 6.61. The number of rotatable bonds is 5. The molecule has 1 fully saturated rings. The summed E-state index contributed by atoms with van der Waals surface area (Å²) in [7, 11) is 0. The first-order valence-corrected chi connectivity index (χ1v) is 8.06. The van der Waals surface area contributed by atoms with Crippen molar-refractivity contribution in [2.45, 2.75) is 45.1 Å². The molecule has 1 heterocycles. The summed E-state index contributed by atoms with van der Waals surface area (Å²) in [6.07, 6.45) is 2.14. The van der Waals surface area contributed by atoms with Crippen LogP contribution < -0.4 is 11.3 Å². The van der Waals surface area contributed by atoms with E-state index < -0.39 is 11.5 Å². The molecule has 6 heteroatoms. The van der Waals surface area contributed by atoms with Gasteiger partial charge in [0, 0.05) is 11.6 Å². The van der Waals surface area contributed by atoms with Crippen molar-refractivity contribution in [1.82, 2.24) is 9.78 Å². The molecule has 2 aromatic rings. The Morgan fingerprint density at radius 3 is 2.62 bits per heavy atom. The largest absolute Gasteiger partial charge is 0.368 e. The van der Waals surface area contributed by atoms with Crippen LogP contribution in [0.4, 0.5) is 4.39 Å². The molecule has 0 saturated heterocycles. The molecule has 1 aliphatic carbocycles. The van der Waals surface area contributed by atoms with E-state index in [4.69, 9.17) is 5.73 Å². The van der Waals surface area contributed by atoms with Gasteiger partial charge in [-0.1, -0.05) is 19.9 Å². The lowest BCUT2D eigenvalue weighted by Gasteiger charge is -2.15. The number of halogens is 1. The van der Waals surface area contributed by atoms with Crippen molar-refractivity contribution in [2.75, 3.05) is 0 Å². The van der Waals surface area contributed by atoms with Crippen LogP contribution in [0.1, 0.15) is 49.8 Å². The number of amides is 1. The van der Waals surface area contributed by atoms with Crippen molar-refractivity contribution in [3.8, 4) is 11.1 Å². The summed E-state index contributed by atoms with van der Waals surface area (Å²) in [5.74, 6) is -0.531. The van der Waals surface area contributed by atoms with Crippen LogP contribution >= 0.6 is 0 Å². The predicted octanol–water partition coefficient (Wildman–Crippen LogP) is 2.54. The second kappa shape index (κ2) is 6.19. The molecule has 5 nitrogen and oxygen atoms in total. The van der Waals surface area contributed by atoms with E-state index in [1.807, 2.05) is 19.9 Å². The Kier molecular flexibility index (Phi) is 4.22. The number of aromatic nitrogens is 2. The average Bonchev–Trinajstić information content (AvgIpc) is 3.32. The highest BCUT2D eigenvalue weighted by Crippen LogP contribution is 2.41. The van der Waals surface area contributed by atoms with E-state index in [-0.39, 0.29) is 18.3 Å². The number of primary amides is 1. The Hall–Kier alpha value is -2.50. The van der Waals surface area contributed by atoms with E-state index in [0.29, 0.717) is 22.7 Å². The summed E-state index contributed by atoms with van der Waals surface area (Å²) >= 11 is 0. The molecule has 0 radical (unpaired) electrons. The second-order valence-corrected chi connectivity index (χ2v) is 6.61. The maximum Gasteiger partial charge on any atom is 0.267 e. The number of carbonyl (C=O) groups excluding carboxylic acids is 1. The van der Waals surface area contributed by atoms with Gasteiger partial charge in [0.15, 0.2) is 0 Å². The molecule has 1 amide bonds. The maximum absolute atomic E-state index is 14.0. The van der Waals surface area contributed by atoms with Crippen LogP contribution in [0.2, 0.25) is 0 Å². The van der Waals surface area contributed by atoms with Gasteiger partial charge in [-0.3, -0.25) is 9.59 Å². The minimum Gasteiger partial charge on any atom is -0.368 e. The monoisotopic (exact) mass is 329 g/mol. The Balaban J connectivity index is 2.14. The Bertz CT molecular complexity index is 854. The average molecular weight is 329 g/mol. The minimum absolute atomic E-state index is 0.00682. The number of hydrogen-bond donors (Lipinski definition) is 1. The summed E-state index contributed by atoms with van der Waals surface area (Å²) in [6, 6.07) is 6.32. The van der Waals surface area contributed by atoms with Crippen molar-refractivity contribution in [3.05, 3.63) is 51.7 Å². The van der Waals surface area contributed by atoms with Gasteiger partial charge in [-0.25, -0.2) is 9.07 Å². The molecule has 126 valence electrons. The smallest absolute Gasteiger partial charge is 0.267 e. The van der Waals surface area contributed by atoms with Gasteiger partial charge < -0.3 is 5.73 Å². The van der Waals surface area contributed by atoms with Gasteiger partial charge in [0.2, 0.25) is 5.91 Å². The molecule has 3 rings (SSSR count). The molecule has 0 unspecified atom stereocenters. The minimum atomic E-state index is -0.631. The zero-order chi connectivity index (χ0) is 17.4. The SMILES string of the molecule is CC(C)c1nn(CC(N)=O)c(=O)cc1-c1cc(F)cc(C2CC2)c1. The van der Waals surface area contributed by atoms with Crippen LogP contribution in [-0.4, -0.2) is 15.7 Å².